The molecule has 2 aromatic rings. The minimum absolute atomic E-state index is 0.235. The van der Waals surface area contributed by atoms with Crippen molar-refractivity contribution in [2.24, 2.45) is 0 Å². The van der Waals surface area contributed by atoms with Gasteiger partial charge in [-0.05, 0) is 35.7 Å². The molecule has 0 spiro atoms. The molecule has 28 heavy (non-hydrogen) atoms. The van der Waals surface area contributed by atoms with Gasteiger partial charge in [0.15, 0.2) is 0 Å². The molecule has 150 valence electrons. The smallest absolute Gasteiger partial charge is 0.410 e. The number of benzene rings is 2. The normalized spacial score (nSPS) is 11.1. The third kappa shape index (κ3) is 7.81. The van der Waals surface area contributed by atoms with Gasteiger partial charge in [0.2, 0.25) is 0 Å². The molecule has 0 atom stereocenters. The lowest BCUT2D eigenvalue weighted by Crippen LogP contribution is -2.34. The molecule has 0 heterocycles. The molecule has 0 aliphatic carbocycles. The first-order valence-corrected chi connectivity index (χ1v) is 13.6. The summed E-state index contributed by atoms with van der Waals surface area (Å²) in [7, 11) is 2.51. The molecule has 0 saturated heterocycles. The number of rotatable bonds is 9. The molecular formula is C22H32BNO3Si. The van der Waals surface area contributed by atoms with E-state index in [2.05, 4.69) is 51.8 Å². The molecule has 0 saturated carbocycles. The van der Waals surface area contributed by atoms with E-state index in [1.54, 1.807) is 12.0 Å². The van der Waals surface area contributed by atoms with Crippen LogP contribution in [-0.4, -0.2) is 47.2 Å². The zero-order valence-corrected chi connectivity index (χ0v) is 18.8. The summed E-state index contributed by atoms with van der Waals surface area (Å²) < 4.78 is 10.8. The fraction of sp³-hybridized carbons (Fsp3) is 0.409. The SMILES string of the molecule is Bc1cccc(CCN(Cc2ccc(OC)cc2)C(=O)OCC[Si](C)(C)C)c1. The molecule has 0 bridgehead atoms. The molecule has 0 aromatic heterocycles. The molecule has 2 aromatic carbocycles. The highest BCUT2D eigenvalue weighted by Gasteiger charge is 2.18. The van der Waals surface area contributed by atoms with E-state index in [4.69, 9.17) is 9.47 Å². The summed E-state index contributed by atoms with van der Waals surface area (Å²) in [5, 5.41) is 0. The van der Waals surface area contributed by atoms with E-state index < -0.39 is 8.07 Å². The maximum Gasteiger partial charge on any atom is 0.410 e. The molecule has 0 N–H and O–H groups in total. The molecule has 0 radical (unpaired) electrons. The van der Waals surface area contributed by atoms with Crippen LogP contribution in [0.5, 0.6) is 5.75 Å². The standard InChI is InChI=1S/C22H32BNO3Si/c1-26-21-10-8-19(9-11-21)17-24(22(25)27-14-15-28(2,3)4)13-12-18-6-5-7-20(23)16-18/h5-11,16H,12-15,17,23H2,1-4H3. The lowest BCUT2D eigenvalue weighted by Gasteiger charge is -2.24. The highest BCUT2D eigenvalue weighted by atomic mass is 28.3. The average molecular weight is 397 g/mol. The van der Waals surface area contributed by atoms with Crippen molar-refractivity contribution in [2.45, 2.75) is 38.7 Å². The summed E-state index contributed by atoms with van der Waals surface area (Å²) in [4.78, 5) is 14.5. The predicted octanol–water partition coefficient (Wildman–Crippen LogP) is 3.47. The fourth-order valence-corrected chi connectivity index (χ4v) is 3.57. The van der Waals surface area contributed by atoms with E-state index in [0.29, 0.717) is 19.7 Å². The number of hydrogen-bond acceptors (Lipinski definition) is 3. The van der Waals surface area contributed by atoms with Crippen LogP contribution in [0.1, 0.15) is 11.1 Å². The predicted molar refractivity (Wildman–Crippen MR) is 121 cm³/mol. The van der Waals surface area contributed by atoms with Gasteiger partial charge in [0.1, 0.15) is 13.6 Å². The van der Waals surface area contributed by atoms with Gasteiger partial charge in [-0.3, -0.25) is 0 Å². The van der Waals surface area contributed by atoms with E-state index in [9.17, 15) is 4.79 Å². The van der Waals surface area contributed by atoms with Gasteiger partial charge in [-0.25, -0.2) is 4.79 Å². The van der Waals surface area contributed by atoms with Gasteiger partial charge in [0.25, 0.3) is 0 Å². The third-order valence-corrected chi connectivity index (χ3v) is 6.33. The highest BCUT2D eigenvalue weighted by Crippen LogP contribution is 2.15. The van der Waals surface area contributed by atoms with Gasteiger partial charge in [-0.2, -0.15) is 0 Å². The lowest BCUT2D eigenvalue weighted by atomic mass is 9.94. The number of hydrogen-bond donors (Lipinski definition) is 0. The van der Waals surface area contributed by atoms with E-state index >= 15 is 0 Å². The fourth-order valence-electron chi connectivity index (χ4n) is 2.85. The molecular weight excluding hydrogens is 365 g/mol. The van der Waals surface area contributed by atoms with E-state index in [1.165, 1.54) is 11.0 Å². The summed E-state index contributed by atoms with van der Waals surface area (Å²) >= 11 is 0. The third-order valence-electron chi connectivity index (χ3n) is 4.62. The Kier molecular flexibility index (Phi) is 8.18. The number of carbonyl (C=O) groups excluding carboxylic acids is 1. The topological polar surface area (TPSA) is 38.8 Å². The van der Waals surface area contributed by atoms with Crippen LogP contribution in [-0.2, 0) is 17.7 Å². The molecule has 0 aliphatic heterocycles. The molecule has 0 aliphatic rings. The van der Waals surface area contributed by atoms with E-state index in [1.807, 2.05) is 24.3 Å². The van der Waals surface area contributed by atoms with Gasteiger partial charge < -0.3 is 14.4 Å². The number of amides is 1. The Balaban J connectivity index is 2.03. The van der Waals surface area contributed by atoms with Crippen molar-refractivity contribution >= 4 is 27.5 Å². The van der Waals surface area contributed by atoms with Crippen molar-refractivity contribution in [2.75, 3.05) is 20.3 Å². The summed E-state index contributed by atoms with van der Waals surface area (Å²) in [5.41, 5.74) is 3.53. The van der Waals surface area contributed by atoms with E-state index in [0.717, 1.165) is 23.8 Å². The second-order valence-electron chi connectivity index (χ2n) is 8.43. The van der Waals surface area contributed by atoms with Gasteiger partial charge in [0.05, 0.1) is 13.7 Å². The Hall–Kier alpha value is -2.21. The van der Waals surface area contributed by atoms with Crippen molar-refractivity contribution in [1.82, 2.24) is 4.90 Å². The molecule has 6 heteroatoms. The second-order valence-corrected chi connectivity index (χ2v) is 14.1. The lowest BCUT2D eigenvalue weighted by molar-refractivity contribution is 0.105. The molecule has 4 nitrogen and oxygen atoms in total. The zero-order valence-electron chi connectivity index (χ0n) is 17.8. The zero-order chi connectivity index (χ0) is 20.6. The Bertz CT molecular complexity index is 759. The van der Waals surface area contributed by atoms with Crippen LogP contribution in [0.15, 0.2) is 48.5 Å². The summed E-state index contributed by atoms with van der Waals surface area (Å²) in [6, 6.07) is 17.2. The Morgan fingerprint density at radius 3 is 2.39 bits per heavy atom. The Morgan fingerprint density at radius 2 is 1.79 bits per heavy atom. The Morgan fingerprint density at radius 1 is 1.07 bits per heavy atom. The first kappa shape index (κ1) is 22.1. The number of nitrogens with zero attached hydrogens (tertiary/aromatic N) is 1. The van der Waals surface area contributed by atoms with Crippen LogP contribution < -0.4 is 10.2 Å². The van der Waals surface area contributed by atoms with E-state index in [-0.39, 0.29) is 6.09 Å². The first-order valence-electron chi connectivity index (χ1n) is 9.87. The summed E-state index contributed by atoms with van der Waals surface area (Å²) in [5.74, 6) is 0.813. The van der Waals surface area contributed by atoms with Gasteiger partial charge in [-0.1, -0.05) is 61.5 Å². The monoisotopic (exact) mass is 397 g/mol. The Labute approximate surface area is 171 Å². The summed E-state index contributed by atoms with van der Waals surface area (Å²) in [6.07, 6.45) is 0.572. The van der Waals surface area contributed by atoms with Crippen molar-refractivity contribution in [3.05, 3.63) is 59.7 Å². The highest BCUT2D eigenvalue weighted by molar-refractivity contribution is 6.76. The minimum Gasteiger partial charge on any atom is -0.497 e. The van der Waals surface area contributed by atoms with Crippen LogP contribution in [0.25, 0.3) is 0 Å². The quantitative estimate of drug-likeness (QED) is 0.609. The van der Waals surface area contributed by atoms with Crippen molar-refractivity contribution in [3.63, 3.8) is 0 Å². The maximum absolute atomic E-state index is 12.7. The maximum atomic E-state index is 12.7. The number of carbonyl (C=O) groups is 1. The summed E-state index contributed by atoms with van der Waals surface area (Å²) in [6.45, 7) is 8.51. The average Bonchev–Trinajstić information content (AvgIpc) is 2.64. The second kappa shape index (κ2) is 10.4. The van der Waals surface area contributed by atoms with Crippen molar-refractivity contribution < 1.29 is 14.3 Å². The van der Waals surface area contributed by atoms with Crippen LogP contribution in [0.3, 0.4) is 0 Å². The van der Waals surface area contributed by atoms with Crippen molar-refractivity contribution in [1.29, 1.82) is 0 Å². The van der Waals surface area contributed by atoms with Crippen LogP contribution in [0.2, 0.25) is 25.7 Å². The minimum atomic E-state index is -1.23. The van der Waals surface area contributed by atoms with Crippen LogP contribution in [0, 0.1) is 0 Å². The van der Waals surface area contributed by atoms with Crippen LogP contribution >= 0.6 is 0 Å². The van der Waals surface area contributed by atoms with Crippen molar-refractivity contribution in [3.8, 4) is 5.75 Å². The largest absolute Gasteiger partial charge is 0.497 e. The van der Waals surface area contributed by atoms with Gasteiger partial charge >= 0.3 is 6.09 Å². The molecule has 2 rings (SSSR count). The molecule has 0 fully saturated rings. The van der Waals surface area contributed by atoms with Gasteiger partial charge in [0, 0.05) is 21.2 Å². The van der Waals surface area contributed by atoms with Gasteiger partial charge in [-0.15, -0.1) is 0 Å². The number of ether oxygens (including phenoxy) is 2. The molecule has 0 unspecified atom stereocenters. The van der Waals surface area contributed by atoms with Crippen LogP contribution in [0.4, 0.5) is 4.79 Å². The molecule has 1 amide bonds. The first-order chi connectivity index (χ1) is 13.3. The number of methoxy groups -OCH3 is 1.